The molecule has 1 aliphatic carbocycles. The Morgan fingerprint density at radius 2 is 2.00 bits per heavy atom. The van der Waals surface area contributed by atoms with E-state index >= 15 is 0 Å². The van der Waals surface area contributed by atoms with E-state index in [9.17, 15) is 4.79 Å². The molecule has 2 atom stereocenters. The topological polar surface area (TPSA) is 55.1 Å². The van der Waals surface area contributed by atoms with E-state index in [1.165, 1.54) is 0 Å². The number of halogens is 1. The van der Waals surface area contributed by atoms with Crippen molar-refractivity contribution in [3.8, 4) is 0 Å². The molecular formula is C13H19ClN2O. The lowest BCUT2D eigenvalue weighted by atomic mass is 10.0. The number of hydrogen-bond acceptors (Lipinski definition) is 2. The third kappa shape index (κ3) is 3.72. The van der Waals surface area contributed by atoms with Crippen molar-refractivity contribution in [1.29, 1.82) is 0 Å². The summed E-state index contributed by atoms with van der Waals surface area (Å²) in [7, 11) is 0. The molecule has 0 spiro atoms. The fourth-order valence-electron chi connectivity index (χ4n) is 2.23. The van der Waals surface area contributed by atoms with Gasteiger partial charge >= 0.3 is 0 Å². The highest BCUT2D eigenvalue weighted by atomic mass is 35.5. The second-order valence-electron chi connectivity index (χ2n) is 4.40. The van der Waals surface area contributed by atoms with Crippen LogP contribution in [-0.2, 0) is 11.3 Å². The number of rotatable bonds is 3. The average molecular weight is 255 g/mol. The maximum atomic E-state index is 11.8. The van der Waals surface area contributed by atoms with Gasteiger partial charge in [-0.25, -0.2) is 0 Å². The average Bonchev–Trinajstić information content (AvgIpc) is 2.74. The highest BCUT2D eigenvalue weighted by Gasteiger charge is 2.29. The lowest BCUT2D eigenvalue weighted by molar-refractivity contribution is -0.125. The van der Waals surface area contributed by atoms with Gasteiger partial charge in [-0.3, -0.25) is 4.79 Å². The van der Waals surface area contributed by atoms with Gasteiger partial charge in [-0.1, -0.05) is 36.8 Å². The molecule has 0 saturated heterocycles. The van der Waals surface area contributed by atoms with Gasteiger partial charge in [0.25, 0.3) is 0 Å². The Bertz CT molecular complexity index is 356. The number of amides is 1. The summed E-state index contributed by atoms with van der Waals surface area (Å²) in [4.78, 5) is 11.8. The number of benzene rings is 1. The molecule has 2 unspecified atom stereocenters. The molecule has 1 aromatic rings. The van der Waals surface area contributed by atoms with Crippen molar-refractivity contribution < 1.29 is 4.79 Å². The summed E-state index contributed by atoms with van der Waals surface area (Å²) in [6.07, 6.45) is 2.98. The van der Waals surface area contributed by atoms with Crippen LogP contribution in [0.1, 0.15) is 24.8 Å². The smallest absolute Gasteiger partial charge is 0.224 e. The third-order valence-electron chi connectivity index (χ3n) is 3.22. The Balaban J connectivity index is 0.00000144. The maximum Gasteiger partial charge on any atom is 0.224 e. The van der Waals surface area contributed by atoms with Crippen LogP contribution in [0.25, 0.3) is 0 Å². The lowest BCUT2D eigenvalue weighted by Crippen LogP contribution is -2.38. The second-order valence-corrected chi connectivity index (χ2v) is 4.40. The van der Waals surface area contributed by atoms with Gasteiger partial charge in [-0.2, -0.15) is 0 Å². The molecule has 1 aromatic carbocycles. The van der Waals surface area contributed by atoms with Gasteiger partial charge in [0.05, 0.1) is 5.92 Å². The predicted molar refractivity (Wildman–Crippen MR) is 70.9 cm³/mol. The van der Waals surface area contributed by atoms with Gasteiger partial charge in [0.15, 0.2) is 0 Å². The summed E-state index contributed by atoms with van der Waals surface area (Å²) >= 11 is 0. The largest absolute Gasteiger partial charge is 0.352 e. The van der Waals surface area contributed by atoms with Crippen molar-refractivity contribution in [1.82, 2.24) is 5.32 Å². The summed E-state index contributed by atoms with van der Waals surface area (Å²) in [5.74, 6) is 0.123. The molecule has 1 aliphatic rings. The van der Waals surface area contributed by atoms with E-state index in [-0.39, 0.29) is 30.3 Å². The van der Waals surface area contributed by atoms with Crippen molar-refractivity contribution in [2.75, 3.05) is 0 Å². The molecule has 1 saturated carbocycles. The molecule has 94 valence electrons. The van der Waals surface area contributed by atoms with E-state index in [0.717, 1.165) is 24.8 Å². The van der Waals surface area contributed by atoms with Gasteiger partial charge < -0.3 is 11.1 Å². The Hall–Kier alpha value is -1.06. The highest BCUT2D eigenvalue weighted by Crippen LogP contribution is 2.23. The van der Waals surface area contributed by atoms with Crippen molar-refractivity contribution >= 4 is 18.3 Å². The summed E-state index contributed by atoms with van der Waals surface area (Å²) in [6.45, 7) is 0.600. The second kappa shape index (κ2) is 6.62. The molecule has 1 fully saturated rings. The summed E-state index contributed by atoms with van der Waals surface area (Å²) in [5.41, 5.74) is 7.02. The van der Waals surface area contributed by atoms with E-state index in [0.29, 0.717) is 6.54 Å². The van der Waals surface area contributed by atoms with Crippen molar-refractivity contribution in [2.45, 2.75) is 31.8 Å². The molecule has 0 heterocycles. The zero-order valence-corrected chi connectivity index (χ0v) is 10.6. The number of carbonyl (C=O) groups excluding carboxylic acids is 1. The lowest BCUT2D eigenvalue weighted by Gasteiger charge is -2.15. The van der Waals surface area contributed by atoms with Crippen LogP contribution in [0, 0.1) is 5.92 Å². The Morgan fingerprint density at radius 3 is 2.59 bits per heavy atom. The molecule has 3 nitrogen and oxygen atoms in total. The number of nitrogens with two attached hydrogens (primary N) is 1. The van der Waals surface area contributed by atoms with Crippen LogP contribution < -0.4 is 11.1 Å². The first-order chi connectivity index (χ1) is 7.77. The van der Waals surface area contributed by atoms with Gasteiger partial charge in [0.1, 0.15) is 0 Å². The van der Waals surface area contributed by atoms with Crippen LogP contribution in [0.5, 0.6) is 0 Å². The molecule has 0 bridgehead atoms. The zero-order chi connectivity index (χ0) is 11.4. The van der Waals surface area contributed by atoms with Crippen LogP contribution in [0.4, 0.5) is 0 Å². The Labute approximate surface area is 108 Å². The summed E-state index contributed by atoms with van der Waals surface area (Å²) < 4.78 is 0. The van der Waals surface area contributed by atoms with Gasteiger partial charge in [-0.15, -0.1) is 12.4 Å². The first-order valence-corrected chi connectivity index (χ1v) is 5.84. The first-order valence-electron chi connectivity index (χ1n) is 5.84. The number of hydrogen-bond donors (Lipinski definition) is 2. The Kier molecular flexibility index (Phi) is 5.45. The van der Waals surface area contributed by atoms with Crippen LogP contribution in [0.2, 0.25) is 0 Å². The predicted octanol–water partition coefficient (Wildman–Crippen LogP) is 1.85. The molecular weight excluding hydrogens is 236 g/mol. The SMILES string of the molecule is Cl.NC1CCCC1C(=O)NCc1ccccc1. The summed E-state index contributed by atoms with van der Waals surface area (Å²) in [6, 6.07) is 9.99. The molecule has 2 rings (SSSR count). The van der Waals surface area contributed by atoms with E-state index in [1.807, 2.05) is 30.3 Å². The van der Waals surface area contributed by atoms with E-state index in [4.69, 9.17) is 5.73 Å². The van der Waals surface area contributed by atoms with Crippen molar-refractivity contribution in [3.63, 3.8) is 0 Å². The minimum Gasteiger partial charge on any atom is -0.352 e. The molecule has 4 heteroatoms. The van der Waals surface area contributed by atoms with Crippen molar-refractivity contribution in [3.05, 3.63) is 35.9 Å². The zero-order valence-electron chi connectivity index (χ0n) is 9.76. The monoisotopic (exact) mass is 254 g/mol. The molecule has 0 radical (unpaired) electrons. The molecule has 0 aliphatic heterocycles. The first kappa shape index (κ1) is 14.0. The summed E-state index contributed by atoms with van der Waals surface area (Å²) in [5, 5.41) is 2.95. The van der Waals surface area contributed by atoms with E-state index in [1.54, 1.807) is 0 Å². The van der Waals surface area contributed by atoms with Crippen LogP contribution >= 0.6 is 12.4 Å². The molecule has 17 heavy (non-hydrogen) atoms. The van der Waals surface area contributed by atoms with Gasteiger partial charge in [0, 0.05) is 12.6 Å². The normalized spacial score (nSPS) is 22.9. The number of carbonyl (C=O) groups is 1. The quantitative estimate of drug-likeness (QED) is 0.865. The minimum absolute atomic E-state index is 0. The highest BCUT2D eigenvalue weighted by molar-refractivity contribution is 5.85. The van der Waals surface area contributed by atoms with E-state index in [2.05, 4.69) is 5.32 Å². The molecule has 3 N–H and O–H groups in total. The van der Waals surface area contributed by atoms with Gasteiger partial charge in [-0.05, 0) is 18.4 Å². The fraction of sp³-hybridized carbons (Fsp3) is 0.462. The third-order valence-corrected chi connectivity index (χ3v) is 3.22. The maximum absolute atomic E-state index is 11.8. The van der Waals surface area contributed by atoms with Gasteiger partial charge in [0.2, 0.25) is 5.91 Å². The van der Waals surface area contributed by atoms with Crippen molar-refractivity contribution in [2.24, 2.45) is 11.7 Å². The Morgan fingerprint density at radius 1 is 1.29 bits per heavy atom. The van der Waals surface area contributed by atoms with Crippen LogP contribution in [0.3, 0.4) is 0 Å². The number of nitrogens with one attached hydrogen (secondary N) is 1. The fourth-order valence-corrected chi connectivity index (χ4v) is 2.23. The van der Waals surface area contributed by atoms with Crippen LogP contribution in [-0.4, -0.2) is 11.9 Å². The van der Waals surface area contributed by atoms with E-state index < -0.39 is 0 Å². The molecule has 0 aromatic heterocycles. The van der Waals surface area contributed by atoms with Crippen LogP contribution in [0.15, 0.2) is 30.3 Å². The molecule has 1 amide bonds. The minimum atomic E-state index is 0. The standard InChI is InChI=1S/C13H18N2O.ClH/c14-12-8-4-7-11(12)13(16)15-9-10-5-2-1-3-6-10;/h1-3,5-6,11-12H,4,7-9,14H2,(H,15,16);1H.